The number of benzene rings is 1. The molecule has 0 saturated carbocycles. The zero-order valence-corrected chi connectivity index (χ0v) is 19.4. The van der Waals surface area contributed by atoms with E-state index in [1.807, 2.05) is 5.38 Å². The number of carbonyl (C=O) groups is 1. The van der Waals surface area contributed by atoms with Crippen LogP contribution in [0.5, 0.6) is 5.75 Å². The Labute approximate surface area is 197 Å². The number of nitrogens with one attached hydrogen (secondary N) is 1. The number of thiazole rings is 1. The van der Waals surface area contributed by atoms with E-state index in [0.29, 0.717) is 23.6 Å². The minimum Gasteiger partial charge on any atom is -0.497 e. The van der Waals surface area contributed by atoms with E-state index in [0.717, 1.165) is 30.9 Å². The van der Waals surface area contributed by atoms with Gasteiger partial charge in [-0.05, 0) is 43.5 Å². The number of methoxy groups -OCH3 is 1. The quantitative estimate of drug-likeness (QED) is 0.544. The normalized spacial score (nSPS) is 17.2. The number of hydrogen-bond acceptors (Lipinski definition) is 6. The summed E-state index contributed by atoms with van der Waals surface area (Å²) in [5.41, 5.74) is 1.03. The molecule has 3 heterocycles. The fourth-order valence-electron chi connectivity index (χ4n) is 4.01. The highest BCUT2D eigenvalue weighted by Gasteiger charge is 2.31. The lowest BCUT2D eigenvalue weighted by atomic mass is 9.90. The first-order chi connectivity index (χ1) is 15.1. The first kappa shape index (κ1) is 24.1. The molecule has 0 radical (unpaired) electrons. The molecule has 1 N–H and O–H groups in total. The summed E-state index contributed by atoms with van der Waals surface area (Å²) in [5, 5.41) is 5.95. The highest BCUT2D eigenvalue weighted by Crippen LogP contribution is 2.32. The Morgan fingerprint density at radius 2 is 2.19 bits per heavy atom. The van der Waals surface area contributed by atoms with Gasteiger partial charge in [-0.15, -0.1) is 23.7 Å². The van der Waals surface area contributed by atoms with Gasteiger partial charge in [0.2, 0.25) is 0 Å². The molecule has 1 aliphatic rings. The van der Waals surface area contributed by atoms with Gasteiger partial charge in [-0.2, -0.15) is 0 Å². The molecule has 1 saturated heterocycles. The minimum atomic E-state index is -0.263. The average Bonchev–Trinajstić information content (AvgIpc) is 3.34. The number of rotatable bonds is 7. The second kappa shape index (κ2) is 11.4. The molecule has 170 valence electrons. The van der Waals surface area contributed by atoms with E-state index in [2.05, 4.69) is 20.2 Å². The van der Waals surface area contributed by atoms with Crippen LogP contribution in [0.4, 0.5) is 4.39 Å². The number of likely N-dealkylation sites (tertiary alicyclic amines) is 1. The Bertz CT molecular complexity index is 1010. The van der Waals surface area contributed by atoms with Crippen LogP contribution >= 0.6 is 23.7 Å². The van der Waals surface area contributed by atoms with Crippen LogP contribution in [0, 0.1) is 11.7 Å². The van der Waals surface area contributed by atoms with Crippen LogP contribution < -0.4 is 10.1 Å². The van der Waals surface area contributed by atoms with Crippen molar-refractivity contribution in [3.63, 3.8) is 0 Å². The first-order valence-electron chi connectivity index (χ1n) is 10.3. The highest BCUT2D eigenvalue weighted by molar-refractivity contribution is 7.09. The van der Waals surface area contributed by atoms with Crippen LogP contribution in [0.2, 0.25) is 0 Å². The number of amides is 1. The number of ether oxygens (including phenoxy) is 1. The number of nitrogens with zero attached hydrogens (tertiary/aromatic N) is 3. The van der Waals surface area contributed by atoms with Crippen molar-refractivity contribution < 1.29 is 13.9 Å². The fraction of sp³-hybridized carbons (Fsp3) is 0.348. The fourth-order valence-corrected chi connectivity index (χ4v) is 4.79. The van der Waals surface area contributed by atoms with Crippen molar-refractivity contribution in [1.82, 2.24) is 20.2 Å². The van der Waals surface area contributed by atoms with Crippen molar-refractivity contribution in [2.24, 2.45) is 5.92 Å². The van der Waals surface area contributed by atoms with Gasteiger partial charge in [0.05, 0.1) is 13.2 Å². The summed E-state index contributed by atoms with van der Waals surface area (Å²) in [5.74, 6) is 0.216. The molecule has 0 spiro atoms. The van der Waals surface area contributed by atoms with E-state index in [1.54, 1.807) is 42.7 Å². The Balaban J connectivity index is 0.00000289. The number of pyridine rings is 1. The van der Waals surface area contributed by atoms with Gasteiger partial charge in [0.1, 0.15) is 22.3 Å². The number of aromatic nitrogens is 2. The van der Waals surface area contributed by atoms with Gasteiger partial charge in [0.15, 0.2) is 0 Å². The number of piperidine rings is 1. The van der Waals surface area contributed by atoms with Gasteiger partial charge >= 0.3 is 0 Å². The van der Waals surface area contributed by atoms with E-state index in [9.17, 15) is 9.18 Å². The molecule has 4 rings (SSSR count). The maximum Gasteiger partial charge on any atom is 0.270 e. The molecule has 1 aromatic carbocycles. The van der Waals surface area contributed by atoms with Crippen LogP contribution in [0.1, 0.15) is 39.9 Å². The molecule has 2 atom stereocenters. The van der Waals surface area contributed by atoms with E-state index in [1.165, 1.54) is 24.5 Å². The molecule has 0 aliphatic carbocycles. The van der Waals surface area contributed by atoms with Crippen LogP contribution in [-0.4, -0.2) is 41.0 Å². The van der Waals surface area contributed by atoms with Crippen molar-refractivity contribution in [2.75, 3.05) is 20.2 Å². The van der Waals surface area contributed by atoms with Crippen molar-refractivity contribution in [3.05, 3.63) is 76.3 Å². The first-order valence-corrected chi connectivity index (χ1v) is 11.2. The summed E-state index contributed by atoms with van der Waals surface area (Å²) >= 11 is 1.53. The maximum atomic E-state index is 14.5. The predicted molar refractivity (Wildman–Crippen MR) is 125 cm³/mol. The van der Waals surface area contributed by atoms with Crippen molar-refractivity contribution in [3.8, 4) is 5.75 Å². The number of hydrogen-bond donors (Lipinski definition) is 1. The summed E-state index contributed by atoms with van der Waals surface area (Å²) in [6.07, 6.45) is 5.31. The third-order valence-electron chi connectivity index (χ3n) is 5.57. The lowest BCUT2D eigenvalue weighted by Crippen LogP contribution is -2.43. The van der Waals surface area contributed by atoms with Gasteiger partial charge in [0, 0.05) is 42.5 Å². The Morgan fingerprint density at radius 3 is 2.88 bits per heavy atom. The lowest BCUT2D eigenvalue weighted by Gasteiger charge is -2.36. The van der Waals surface area contributed by atoms with Gasteiger partial charge < -0.3 is 10.1 Å². The second-order valence-electron chi connectivity index (χ2n) is 7.63. The molecule has 1 fully saturated rings. The molecule has 2 unspecified atom stereocenters. The summed E-state index contributed by atoms with van der Waals surface area (Å²) < 4.78 is 19.6. The lowest BCUT2D eigenvalue weighted by molar-refractivity contribution is 0.0872. The predicted octanol–water partition coefficient (Wildman–Crippen LogP) is 4.49. The monoisotopic (exact) mass is 476 g/mol. The molecule has 3 aromatic rings. The van der Waals surface area contributed by atoms with Crippen molar-refractivity contribution in [1.29, 1.82) is 0 Å². The van der Waals surface area contributed by atoms with Gasteiger partial charge in [-0.3, -0.25) is 14.7 Å². The van der Waals surface area contributed by atoms with E-state index >= 15 is 0 Å². The van der Waals surface area contributed by atoms with Crippen LogP contribution in [0.25, 0.3) is 0 Å². The van der Waals surface area contributed by atoms with Crippen molar-refractivity contribution >= 4 is 29.7 Å². The van der Waals surface area contributed by atoms with E-state index in [4.69, 9.17) is 4.74 Å². The summed E-state index contributed by atoms with van der Waals surface area (Å²) in [7, 11) is 1.53. The van der Waals surface area contributed by atoms with E-state index in [-0.39, 0.29) is 36.1 Å². The maximum absolute atomic E-state index is 14.5. The molecule has 6 nitrogen and oxygen atoms in total. The SMILES string of the molecule is COc1ccc(CN2CCCC(C(NC(=O)c3ccccn3)c3nccs3)C2)c(F)c1.Cl. The Hall–Kier alpha value is -2.55. The second-order valence-corrected chi connectivity index (χ2v) is 8.56. The molecule has 32 heavy (non-hydrogen) atoms. The van der Waals surface area contributed by atoms with E-state index < -0.39 is 0 Å². The van der Waals surface area contributed by atoms with Gasteiger partial charge in [0.25, 0.3) is 5.91 Å². The largest absolute Gasteiger partial charge is 0.497 e. The van der Waals surface area contributed by atoms with Crippen LogP contribution in [0.3, 0.4) is 0 Å². The standard InChI is InChI=1S/C23H25FN4O2S.ClH/c1-30-18-8-7-16(19(24)13-18)14-28-11-4-5-17(15-28)21(23-26-10-12-31-23)27-22(29)20-6-2-3-9-25-20;/h2-3,6-10,12-13,17,21H,4-5,11,14-15H2,1H3,(H,27,29);1H. The van der Waals surface area contributed by atoms with Crippen molar-refractivity contribution in [2.45, 2.75) is 25.4 Å². The summed E-state index contributed by atoms with van der Waals surface area (Å²) in [6.45, 7) is 2.16. The third-order valence-corrected chi connectivity index (χ3v) is 6.43. The molecule has 2 aromatic heterocycles. The number of carbonyl (C=O) groups excluding carboxylic acids is 1. The minimum absolute atomic E-state index is 0. The molecular weight excluding hydrogens is 451 g/mol. The molecule has 9 heteroatoms. The van der Waals surface area contributed by atoms with Crippen LogP contribution in [-0.2, 0) is 6.54 Å². The molecule has 1 amide bonds. The zero-order chi connectivity index (χ0) is 21.6. The highest BCUT2D eigenvalue weighted by atomic mass is 35.5. The topological polar surface area (TPSA) is 67.3 Å². The smallest absolute Gasteiger partial charge is 0.270 e. The Morgan fingerprint density at radius 1 is 1.31 bits per heavy atom. The summed E-state index contributed by atoms with van der Waals surface area (Å²) in [6, 6.07) is 10.1. The molecule has 1 aliphatic heterocycles. The third kappa shape index (κ3) is 5.82. The molecule has 0 bridgehead atoms. The number of halogens is 2. The van der Waals surface area contributed by atoms with Gasteiger partial charge in [-0.25, -0.2) is 9.37 Å². The summed E-state index contributed by atoms with van der Waals surface area (Å²) in [4.78, 5) is 23.7. The molecular formula is C23H26ClFN4O2S. The zero-order valence-electron chi connectivity index (χ0n) is 17.7. The van der Waals surface area contributed by atoms with Gasteiger partial charge in [-0.1, -0.05) is 12.1 Å². The van der Waals surface area contributed by atoms with Crippen LogP contribution in [0.15, 0.2) is 54.2 Å². The Kier molecular flexibility index (Phi) is 8.55. The average molecular weight is 477 g/mol.